The molecule has 0 aliphatic heterocycles. The molecule has 0 radical (unpaired) electrons. The van der Waals surface area contributed by atoms with Crippen molar-refractivity contribution in [3.8, 4) is 22.5 Å². The zero-order chi connectivity index (χ0) is 16.7. The molecule has 0 N–H and O–H groups in total. The van der Waals surface area contributed by atoms with Crippen LogP contribution in [0.2, 0.25) is 0 Å². The van der Waals surface area contributed by atoms with Crippen molar-refractivity contribution < 1.29 is 0 Å². The zero-order valence-corrected chi connectivity index (χ0v) is 14.0. The van der Waals surface area contributed by atoms with E-state index < -0.39 is 0 Å². The third-order valence-electron chi connectivity index (χ3n) is 4.15. The number of hydrogen-bond donors (Lipinski definition) is 0. The highest BCUT2D eigenvalue weighted by Crippen LogP contribution is 2.34. The number of nitrogens with zero attached hydrogens (tertiary/aromatic N) is 5. The number of rotatable bonds is 3. The summed E-state index contributed by atoms with van der Waals surface area (Å²) in [7, 11) is 2.03. The van der Waals surface area contributed by atoms with Gasteiger partial charge in [-0.15, -0.1) is 0 Å². The van der Waals surface area contributed by atoms with Gasteiger partial charge in [0.05, 0.1) is 11.4 Å². The second-order valence-electron chi connectivity index (χ2n) is 6.10. The molecule has 5 nitrogen and oxygen atoms in total. The standard InChI is InChI=1S/C19H19N5/c1-14-10-15(2)19(24-9-5-7-21-24)16(11-14)17-12-22(3)13-18(17)23-8-4-6-20-23/h4-13H,1-3H3. The monoisotopic (exact) mass is 317 g/mol. The van der Waals surface area contributed by atoms with Crippen LogP contribution in [0.3, 0.4) is 0 Å². The summed E-state index contributed by atoms with van der Waals surface area (Å²) < 4.78 is 5.90. The van der Waals surface area contributed by atoms with Crippen LogP contribution in [0.4, 0.5) is 0 Å². The lowest BCUT2D eigenvalue weighted by atomic mass is 9.99. The normalized spacial score (nSPS) is 11.1. The molecule has 0 fully saturated rings. The van der Waals surface area contributed by atoms with Gasteiger partial charge in [-0.25, -0.2) is 9.36 Å². The fourth-order valence-corrected chi connectivity index (χ4v) is 3.24. The van der Waals surface area contributed by atoms with Crippen molar-refractivity contribution in [2.45, 2.75) is 13.8 Å². The van der Waals surface area contributed by atoms with Gasteiger partial charge in [0.1, 0.15) is 0 Å². The molecule has 4 aromatic rings. The van der Waals surface area contributed by atoms with Crippen LogP contribution in [0, 0.1) is 13.8 Å². The van der Waals surface area contributed by atoms with Crippen molar-refractivity contribution in [3.05, 3.63) is 72.6 Å². The Morgan fingerprint density at radius 2 is 1.54 bits per heavy atom. The van der Waals surface area contributed by atoms with Crippen LogP contribution in [-0.4, -0.2) is 24.1 Å². The molecule has 0 bridgehead atoms. The summed E-state index contributed by atoms with van der Waals surface area (Å²) in [5, 5.41) is 8.85. The first-order valence-corrected chi connectivity index (χ1v) is 7.91. The third-order valence-corrected chi connectivity index (χ3v) is 4.15. The van der Waals surface area contributed by atoms with E-state index in [0.717, 1.165) is 22.5 Å². The van der Waals surface area contributed by atoms with Gasteiger partial charge < -0.3 is 4.57 Å². The maximum absolute atomic E-state index is 4.45. The highest BCUT2D eigenvalue weighted by molar-refractivity contribution is 5.81. The van der Waals surface area contributed by atoms with Crippen LogP contribution in [-0.2, 0) is 7.05 Å². The lowest BCUT2D eigenvalue weighted by Gasteiger charge is -2.15. The van der Waals surface area contributed by atoms with E-state index in [0.29, 0.717) is 0 Å². The minimum absolute atomic E-state index is 1.06. The van der Waals surface area contributed by atoms with Crippen LogP contribution in [0.15, 0.2) is 61.4 Å². The van der Waals surface area contributed by atoms with Crippen molar-refractivity contribution in [2.75, 3.05) is 0 Å². The van der Waals surface area contributed by atoms with Crippen molar-refractivity contribution in [3.63, 3.8) is 0 Å². The molecule has 0 amide bonds. The molecule has 3 aromatic heterocycles. The van der Waals surface area contributed by atoms with Crippen molar-refractivity contribution in [1.82, 2.24) is 24.1 Å². The molecule has 1 aromatic carbocycles. The summed E-state index contributed by atoms with van der Waals surface area (Å²) >= 11 is 0. The smallest absolute Gasteiger partial charge is 0.0901 e. The van der Waals surface area contributed by atoms with Crippen LogP contribution < -0.4 is 0 Å². The average Bonchev–Trinajstić information content (AvgIpc) is 3.27. The lowest BCUT2D eigenvalue weighted by molar-refractivity contribution is 0.862. The molecule has 0 atom stereocenters. The SMILES string of the molecule is Cc1cc(C)c(-n2cccn2)c(-c2cn(C)cc2-n2cccn2)c1. The molecule has 0 saturated carbocycles. The molecular weight excluding hydrogens is 298 g/mol. The van der Waals surface area contributed by atoms with Gasteiger partial charge in [-0.3, -0.25) is 0 Å². The molecule has 0 unspecified atom stereocenters. The van der Waals surface area contributed by atoms with E-state index in [1.807, 2.05) is 47.1 Å². The van der Waals surface area contributed by atoms with Crippen LogP contribution in [0.1, 0.15) is 11.1 Å². The first kappa shape index (κ1) is 14.5. The Balaban J connectivity index is 2.02. The second-order valence-corrected chi connectivity index (χ2v) is 6.10. The van der Waals surface area contributed by atoms with Crippen LogP contribution in [0.5, 0.6) is 0 Å². The first-order valence-electron chi connectivity index (χ1n) is 7.91. The van der Waals surface area contributed by atoms with Gasteiger partial charge in [-0.1, -0.05) is 11.6 Å². The fraction of sp³-hybridized carbons (Fsp3) is 0.158. The Morgan fingerprint density at radius 1 is 0.833 bits per heavy atom. The van der Waals surface area contributed by atoms with Gasteiger partial charge in [0.2, 0.25) is 0 Å². The van der Waals surface area contributed by atoms with Gasteiger partial charge in [-0.05, 0) is 37.6 Å². The maximum atomic E-state index is 4.45. The molecule has 120 valence electrons. The quantitative estimate of drug-likeness (QED) is 0.578. The molecule has 4 rings (SSSR count). The van der Waals surface area contributed by atoms with E-state index in [1.54, 1.807) is 6.20 Å². The van der Waals surface area contributed by atoms with E-state index >= 15 is 0 Å². The van der Waals surface area contributed by atoms with E-state index in [-0.39, 0.29) is 0 Å². The number of aromatic nitrogens is 5. The molecule has 5 heteroatoms. The van der Waals surface area contributed by atoms with Gasteiger partial charge >= 0.3 is 0 Å². The fourth-order valence-electron chi connectivity index (χ4n) is 3.24. The number of benzene rings is 1. The van der Waals surface area contributed by atoms with Gasteiger partial charge in [-0.2, -0.15) is 10.2 Å². The summed E-state index contributed by atoms with van der Waals surface area (Å²) in [4.78, 5) is 0. The highest BCUT2D eigenvalue weighted by atomic mass is 15.3. The Labute approximate surface area is 140 Å². The molecule has 3 heterocycles. The van der Waals surface area contributed by atoms with E-state index in [2.05, 4.69) is 53.1 Å². The predicted octanol–water partition coefficient (Wildman–Crippen LogP) is 3.68. The predicted molar refractivity (Wildman–Crippen MR) is 94.6 cm³/mol. The first-order chi connectivity index (χ1) is 11.6. The summed E-state index contributed by atoms with van der Waals surface area (Å²) in [6.45, 7) is 4.25. The number of hydrogen-bond acceptors (Lipinski definition) is 2. The zero-order valence-electron chi connectivity index (χ0n) is 14.0. The molecular formula is C19H19N5. The van der Waals surface area contributed by atoms with Gasteiger partial charge in [0.15, 0.2) is 0 Å². The Hall–Kier alpha value is -3.08. The maximum Gasteiger partial charge on any atom is 0.0901 e. The van der Waals surface area contributed by atoms with Gasteiger partial charge in [0.25, 0.3) is 0 Å². The summed E-state index contributed by atoms with van der Waals surface area (Å²) in [5.74, 6) is 0. The largest absolute Gasteiger partial charge is 0.354 e. The topological polar surface area (TPSA) is 40.6 Å². The van der Waals surface area contributed by atoms with Crippen LogP contribution >= 0.6 is 0 Å². The highest BCUT2D eigenvalue weighted by Gasteiger charge is 2.17. The van der Waals surface area contributed by atoms with E-state index in [9.17, 15) is 0 Å². The van der Waals surface area contributed by atoms with E-state index in [4.69, 9.17) is 0 Å². The third kappa shape index (κ3) is 2.34. The van der Waals surface area contributed by atoms with Crippen LogP contribution in [0.25, 0.3) is 22.5 Å². The van der Waals surface area contributed by atoms with Crippen molar-refractivity contribution in [1.29, 1.82) is 0 Å². The Kier molecular flexibility index (Phi) is 3.34. The van der Waals surface area contributed by atoms with Crippen molar-refractivity contribution in [2.24, 2.45) is 7.05 Å². The number of aryl methyl sites for hydroxylation is 3. The molecule has 0 spiro atoms. The Morgan fingerprint density at radius 3 is 2.21 bits per heavy atom. The molecule has 24 heavy (non-hydrogen) atoms. The summed E-state index contributed by atoms with van der Waals surface area (Å²) in [6, 6.07) is 8.29. The minimum Gasteiger partial charge on any atom is -0.354 e. The van der Waals surface area contributed by atoms with Gasteiger partial charge in [0, 0.05) is 55.4 Å². The Bertz CT molecular complexity index is 975. The summed E-state index contributed by atoms with van der Waals surface area (Å²) in [6.07, 6.45) is 11.8. The average molecular weight is 317 g/mol. The summed E-state index contributed by atoms with van der Waals surface area (Å²) in [5.41, 5.74) is 6.88. The lowest BCUT2D eigenvalue weighted by Crippen LogP contribution is -2.03. The molecule has 0 aliphatic carbocycles. The van der Waals surface area contributed by atoms with Crippen molar-refractivity contribution >= 4 is 0 Å². The minimum atomic E-state index is 1.06. The van der Waals surface area contributed by atoms with E-state index in [1.165, 1.54) is 11.1 Å². The molecule has 0 saturated heterocycles. The second kappa shape index (κ2) is 5.53. The molecule has 0 aliphatic rings.